The number of benzene rings is 1. The summed E-state index contributed by atoms with van der Waals surface area (Å²) in [6.45, 7) is 9.93. The summed E-state index contributed by atoms with van der Waals surface area (Å²) in [6, 6.07) is 8.42. The molecule has 29 heavy (non-hydrogen) atoms. The molecule has 0 aliphatic heterocycles. The van der Waals surface area contributed by atoms with Crippen LogP contribution in [0.15, 0.2) is 29.3 Å². The van der Waals surface area contributed by atoms with Crippen LogP contribution >= 0.6 is 11.6 Å². The van der Waals surface area contributed by atoms with Crippen molar-refractivity contribution in [2.45, 2.75) is 46.2 Å². The van der Waals surface area contributed by atoms with E-state index in [2.05, 4.69) is 74.6 Å². The summed E-state index contributed by atoms with van der Waals surface area (Å²) in [7, 11) is 6.14. The Morgan fingerprint density at radius 2 is 1.90 bits per heavy atom. The standard InChI is InChI=1S/C22H35ClN6/c1-8-24-22(26-15(2)13-20-16(3)27-29(7)17(20)4)25-14-21(28(5)6)18-9-11-19(23)12-10-18/h9-12,15,21H,8,13-14H2,1-7H3,(H2,24,25,26). The molecule has 6 nitrogen and oxygen atoms in total. The predicted octanol–water partition coefficient (Wildman–Crippen LogP) is 3.48. The molecule has 0 radical (unpaired) electrons. The van der Waals surface area contributed by atoms with Crippen LogP contribution in [0.1, 0.15) is 42.4 Å². The molecule has 1 heterocycles. The fraction of sp³-hybridized carbons (Fsp3) is 0.545. The minimum Gasteiger partial charge on any atom is -0.357 e. The molecule has 0 saturated heterocycles. The normalized spacial score (nSPS) is 14.2. The zero-order chi connectivity index (χ0) is 21.6. The Morgan fingerprint density at radius 3 is 2.41 bits per heavy atom. The third-order valence-corrected chi connectivity index (χ3v) is 5.45. The van der Waals surface area contributed by atoms with Crippen molar-refractivity contribution in [2.24, 2.45) is 12.0 Å². The number of rotatable bonds is 8. The number of nitrogens with zero attached hydrogens (tertiary/aromatic N) is 4. The number of nitrogens with one attached hydrogen (secondary N) is 2. The summed E-state index contributed by atoms with van der Waals surface area (Å²) in [5.41, 5.74) is 4.81. The highest BCUT2D eigenvalue weighted by atomic mass is 35.5. The molecule has 1 aromatic heterocycles. The van der Waals surface area contributed by atoms with Crippen LogP contribution in [0.4, 0.5) is 0 Å². The molecule has 1 aromatic carbocycles. The molecule has 0 spiro atoms. The van der Waals surface area contributed by atoms with Crippen molar-refractivity contribution in [3.8, 4) is 0 Å². The maximum Gasteiger partial charge on any atom is 0.191 e. The van der Waals surface area contributed by atoms with Crippen LogP contribution in [-0.4, -0.2) is 53.9 Å². The van der Waals surface area contributed by atoms with Gasteiger partial charge in [-0.05, 0) is 71.5 Å². The second kappa shape index (κ2) is 10.6. The second-order valence-electron chi connectivity index (χ2n) is 7.77. The Labute approximate surface area is 180 Å². The van der Waals surface area contributed by atoms with Gasteiger partial charge in [0.15, 0.2) is 5.96 Å². The van der Waals surface area contributed by atoms with Gasteiger partial charge in [0.25, 0.3) is 0 Å². The second-order valence-corrected chi connectivity index (χ2v) is 8.21. The zero-order valence-corrected chi connectivity index (χ0v) is 19.5. The van der Waals surface area contributed by atoms with Gasteiger partial charge in [-0.2, -0.15) is 5.10 Å². The van der Waals surface area contributed by atoms with Gasteiger partial charge in [0.05, 0.1) is 18.3 Å². The molecule has 2 rings (SSSR count). The molecular weight excluding hydrogens is 384 g/mol. The van der Waals surface area contributed by atoms with Gasteiger partial charge in [-0.3, -0.25) is 9.67 Å². The average molecular weight is 419 g/mol. The molecule has 2 aromatic rings. The highest BCUT2D eigenvalue weighted by molar-refractivity contribution is 6.30. The molecular formula is C22H35ClN6. The number of aliphatic imine (C=N–C) groups is 1. The van der Waals surface area contributed by atoms with Gasteiger partial charge in [-0.15, -0.1) is 0 Å². The highest BCUT2D eigenvalue weighted by Crippen LogP contribution is 2.21. The Bertz CT molecular complexity index is 809. The topological polar surface area (TPSA) is 57.5 Å². The number of hydrogen-bond donors (Lipinski definition) is 2. The van der Waals surface area contributed by atoms with E-state index in [1.54, 1.807) is 0 Å². The number of aromatic nitrogens is 2. The fourth-order valence-electron chi connectivity index (χ4n) is 3.45. The maximum absolute atomic E-state index is 6.05. The minimum absolute atomic E-state index is 0.181. The largest absolute Gasteiger partial charge is 0.357 e. The Morgan fingerprint density at radius 1 is 1.24 bits per heavy atom. The molecule has 0 saturated carbocycles. The zero-order valence-electron chi connectivity index (χ0n) is 18.8. The molecule has 0 fully saturated rings. The Balaban J connectivity index is 2.10. The van der Waals surface area contributed by atoms with Crippen molar-refractivity contribution in [1.82, 2.24) is 25.3 Å². The van der Waals surface area contributed by atoms with E-state index < -0.39 is 0 Å². The average Bonchev–Trinajstić information content (AvgIpc) is 2.89. The van der Waals surface area contributed by atoms with E-state index in [0.717, 1.165) is 29.6 Å². The van der Waals surface area contributed by atoms with Crippen molar-refractivity contribution in [1.29, 1.82) is 0 Å². The summed E-state index contributed by atoms with van der Waals surface area (Å²) in [6.07, 6.45) is 0.907. The van der Waals surface area contributed by atoms with Crippen LogP contribution in [0.25, 0.3) is 0 Å². The van der Waals surface area contributed by atoms with Gasteiger partial charge in [0.2, 0.25) is 0 Å². The lowest BCUT2D eigenvalue weighted by Crippen LogP contribution is -2.43. The highest BCUT2D eigenvalue weighted by Gasteiger charge is 2.16. The summed E-state index contributed by atoms with van der Waals surface area (Å²) in [4.78, 5) is 7.05. The van der Waals surface area contributed by atoms with E-state index in [1.165, 1.54) is 16.8 Å². The van der Waals surface area contributed by atoms with E-state index in [0.29, 0.717) is 6.54 Å². The predicted molar refractivity (Wildman–Crippen MR) is 123 cm³/mol. The molecule has 0 aliphatic rings. The molecule has 0 amide bonds. The Hall–Kier alpha value is -2.05. The molecule has 7 heteroatoms. The van der Waals surface area contributed by atoms with E-state index in [1.807, 2.05) is 23.9 Å². The molecule has 0 bridgehead atoms. The quantitative estimate of drug-likeness (QED) is 0.509. The lowest BCUT2D eigenvalue weighted by molar-refractivity contribution is 0.306. The molecule has 2 unspecified atom stereocenters. The van der Waals surface area contributed by atoms with Crippen LogP contribution in [-0.2, 0) is 13.5 Å². The van der Waals surface area contributed by atoms with Crippen molar-refractivity contribution in [3.63, 3.8) is 0 Å². The van der Waals surface area contributed by atoms with E-state index >= 15 is 0 Å². The molecule has 0 aliphatic carbocycles. The summed E-state index contributed by atoms with van der Waals surface area (Å²) in [5.74, 6) is 0.833. The first-order valence-corrected chi connectivity index (χ1v) is 10.6. The number of guanidine groups is 1. The first-order valence-electron chi connectivity index (χ1n) is 10.2. The minimum atomic E-state index is 0.181. The monoisotopic (exact) mass is 418 g/mol. The fourth-order valence-corrected chi connectivity index (χ4v) is 3.58. The number of aryl methyl sites for hydroxylation is 2. The van der Waals surface area contributed by atoms with Gasteiger partial charge in [0.1, 0.15) is 0 Å². The van der Waals surface area contributed by atoms with Gasteiger partial charge in [-0.1, -0.05) is 23.7 Å². The van der Waals surface area contributed by atoms with Crippen LogP contribution in [0.3, 0.4) is 0 Å². The SMILES string of the molecule is CCNC(=NCC(c1ccc(Cl)cc1)N(C)C)NC(C)Cc1c(C)nn(C)c1C. The smallest absolute Gasteiger partial charge is 0.191 e. The van der Waals surface area contributed by atoms with Crippen LogP contribution < -0.4 is 10.6 Å². The van der Waals surface area contributed by atoms with Gasteiger partial charge >= 0.3 is 0 Å². The van der Waals surface area contributed by atoms with Crippen LogP contribution in [0, 0.1) is 13.8 Å². The molecule has 160 valence electrons. The third-order valence-electron chi connectivity index (χ3n) is 5.20. The van der Waals surface area contributed by atoms with Crippen molar-refractivity contribution < 1.29 is 0 Å². The van der Waals surface area contributed by atoms with E-state index in [-0.39, 0.29) is 12.1 Å². The number of halogens is 1. The van der Waals surface area contributed by atoms with Crippen molar-refractivity contribution in [3.05, 3.63) is 51.8 Å². The maximum atomic E-state index is 6.05. The Kier molecular flexibility index (Phi) is 8.53. The first kappa shape index (κ1) is 23.2. The molecule has 2 atom stereocenters. The van der Waals surface area contributed by atoms with Crippen molar-refractivity contribution >= 4 is 17.6 Å². The lowest BCUT2D eigenvalue weighted by atomic mass is 10.1. The third kappa shape index (κ3) is 6.47. The van der Waals surface area contributed by atoms with E-state index in [4.69, 9.17) is 16.6 Å². The van der Waals surface area contributed by atoms with Gasteiger partial charge < -0.3 is 15.5 Å². The van der Waals surface area contributed by atoms with Crippen molar-refractivity contribution in [2.75, 3.05) is 27.2 Å². The molecule has 2 N–H and O–H groups in total. The first-order chi connectivity index (χ1) is 13.7. The summed E-state index contributed by atoms with van der Waals surface area (Å²) in [5, 5.41) is 12.2. The summed E-state index contributed by atoms with van der Waals surface area (Å²) < 4.78 is 1.95. The van der Waals surface area contributed by atoms with Gasteiger partial charge in [-0.25, -0.2) is 0 Å². The van der Waals surface area contributed by atoms with Crippen LogP contribution in [0.2, 0.25) is 5.02 Å². The van der Waals surface area contributed by atoms with Crippen LogP contribution in [0.5, 0.6) is 0 Å². The lowest BCUT2D eigenvalue weighted by Gasteiger charge is -2.24. The van der Waals surface area contributed by atoms with Gasteiger partial charge in [0, 0.05) is 30.4 Å². The summed E-state index contributed by atoms with van der Waals surface area (Å²) >= 11 is 6.05. The number of likely N-dealkylation sites (N-methyl/N-ethyl adjacent to an activating group) is 1. The van der Waals surface area contributed by atoms with E-state index in [9.17, 15) is 0 Å². The number of hydrogen-bond acceptors (Lipinski definition) is 3.